The van der Waals surface area contributed by atoms with E-state index in [1.165, 1.54) is 0 Å². The van der Waals surface area contributed by atoms with Crippen LogP contribution < -0.4 is 11.5 Å². The second-order valence-corrected chi connectivity index (χ2v) is 5.88. The number of hydrogen-bond donors (Lipinski definition) is 3. The van der Waals surface area contributed by atoms with E-state index in [1.54, 1.807) is 16.8 Å². The first-order chi connectivity index (χ1) is 10.8. The number of nitrogens with two attached hydrogens (primary N) is 2. The van der Waals surface area contributed by atoms with Crippen LogP contribution in [0.3, 0.4) is 0 Å². The van der Waals surface area contributed by atoms with Gasteiger partial charge in [-0.05, 0) is 26.3 Å². The van der Waals surface area contributed by atoms with Crippen LogP contribution >= 0.6 is 0 Å². The smallest absolute Gasteiger partial charge is 0.254 e. The number of nitrogens with zero attached hydrogens (tertiary/aromatic N) is 3. The van der Waals surface area contributed by atoms with Crippen LogP contribution in [0.2, 0.25) is 0 Å². The number of fused-ring (bicyclic) bond motifs is 1. The molecule has 7 heteroatoms. The second-order valence-electron chi connectivity index (χ2n) is 5.88. The van der Waals surface area contributed by atoms with Crippen LogP contribution in [0.5, 0.6) is 0 Å². The minimum atomic E-state index is -0.647. The van der Waals surface area contributed by atoms with Crippen molar-refractivity contribution in [2.75, 3.05) is 5.73 Å². The lowest BCUT2D eigenvalue weighted by Crippen LogP contribution is -2.17. The standard InChI is InChI=1S/C16H19N5O2/c1-7-4-5-10(22)9(3)13(7)21-14(17)11(15(18)23)12-16(21)20-8(2)6-19-12/h5-7,22H,4,17H2,1-3H3,(H2,18,23). The van der Waals surface area contributed by atoms with Gasteiger partial charge >= 0.3 is 0 Å². The summed E-state index contributed by atoms with van der Waals surface area (Å²) < 4.78 is 1.69. The SMILES string of the molecule is CC1=C(n2c(N)c(C(N)=O)c3ncc(C)nc32)C(C)CC=C1O. The largest absolute Gasteiger partial charge is 0.508 e. The molecule has 3 rings (SSSR count). The summed E-state index contributed by atoms with van der Waals surface area (Å²) >= 11 is 0. The van der Waals surface area contributed by atoms with Gasteiger partial charge in [0.2, 0.25) is 0 Å². The zero-order chi connectivity index (χ0) is 16.9. The third-order valence-electron chi connectivity index (χ3n) is 4.21. The molecule has 0 fully saturated rings. The number of nitrogen functional groups attached to an aromatic ring is 1. The molecule has 0 spiro atoms. The summed E-state index contributed by atoms with van der Waals surface area (Å²) in [6.45, 7) is 5.66. The summed E-state index contributed by atoms with van der Waals surface area (Å²) in [7, 11) is 0. The number of aryl methyl sites for hydroxylation is 1. The predicted molar refractivity (Wildman–Crippen MR) is 88.6 cm³/mol. The van der Waals surface area contributed by atoms with Crippen LogP contribution in [-0.2, 0) is 0 Å². The lowest BCUT2D eigenvalue weighted by atomic mass is 9.93. The van der Waals surface area contributed by atoms with Gasteiger partial charge < -0.3 is 16.6 Å². The molecule has 7 nitrogen and oxygen atoms in total. The lowest BCUT2D eigenvalue weighted by molar-refractivity contribution is 0.100. The monoisotopic (exact) mass is 313 g/mol. The zero-order valence-corrected chi connectivity index (χ0v) is 13.3. The first-order valence-electron chi connectivity index (χ1n) is 7.36. The van der Waals surface area contributed by atoms with Gasteiger partial charge in [-0.3, -0.25) is 14.3 Å². The Hall–Kier alpha value is -2.83. The van der Waals surface area contributed by atoms with E-state index in [9.17, 15) is 9.90 Å². The fourth-order valence-electron chi connectivity index (χ4n) is 3.07. The average molecular weight is 313 g/mol. The quantitative estimate of drug-likeness (QED) is 0.784. The van der Waals surface area contributed by atoms with Crippen LogP contribution in [0.15, 0.2) is 23.6 Å². The number of hydrogen-bond acceptors (Lipinski definition) is 5. The summed E-state index contributed by atoms with van der Waals surface area (Å²) in [5, 5.41) is 10.1. The number of aromatic nitrogens is 3. The molecule has 1 atom stereocenters. The molecule has 5 N–H and O–H groups in total. The molecule has 1 amide bonds. The van der Waals surface area contributed by atoms with Crippen molar-refractivity contribution in [3.63, 3.8) is 0 Å². The Kier molecular flexibility index (Phi) is 3.35. The fraction of sp³-hybridized carbons (Fsp3) is 0.312. The van der Waals surface area contributed by atoms with Gasteiger partial charge in [0, 0.05) is 23.4 Å². The minimum absolute atomic E-state index is 0.104. The molecule has 0 bridgehead atoms. The highest BCUT2D eigenvalue weighted by molar-refractivity contribution is 6.10. The maximum atomic E-state index is 11.8. The number of allylic oxidation sites excluding steroid dienone is 3. The van der Waals surface area contributed by atoms with E-state index in [0.29, 0.717) is 28.9 Å². The molecule has 2 heterocycles. The van der Waals surface area contributed by atoms with Crippen LogP contribution in [-0.4, -0.2) is 25.5 Å². The van der Waals surface area contributed by atoms with E-state index < -0.39 is 5.91 Å². The number of rotatable bonds is 2. The van der Waals surface area contributed by atoms with Gasteiger partial charge in [0.1, 0.15) is 22.7 Å². The Balaban J connectivity index is 2.45. The van der Waals surface area contributed by atoms with Crippen molar-refractivity contribution < 1.29 is 9.90 Å². The highest BCUT2D eigenvalue weighted by atomic mass is 16.3. The summed E-state index contributed by atoms with van der Waals surface area (Å²) in [5.74, 6) is -0.132. The summed E-state index contributed by atoms with van der Waals surface area (Å²) in [6.07, 6.45) is 4.02. The van der Waals surface area contributed by atoms with Gasteiger partial charge in [0.15, 0.2) is 5.65 Å². The molecule has 0 aliphatic heterocycles. The molecule has 0 aromatic carbocycles. The molecular weight excluding hydrogens is 294 g/mol. The first-order valence-corrected chi connectivity index (χ1v) is 7.36. The van der Waals surface area contributed by atoms with Crippen molar-refractivity contribution in [2.24, 2.45) is 11.7 Å². The molecule has 1 aliphatic rings. The molecule has 2 aromatic heterocycles. The van der Waals surface area contributed by atoms with Crippen molar-refractivity contribution >= 4 is 28.6 Å². The predicted octanol–water partition coefficient (Wildman–Crippen LogP) is 2.13. The third-order valence-corrected chi connectivity index (χ3v) is 4.21. The molecule has 2 aromatic rings. The van der Waals surface area contributed by atoms with Gasteiger partial charge in [-0.2, -0.15) is 0 Å². The second kappa shape index (κ2) is 5.12. The first kappa shape index (κ1) is 15.1. The number of primary amides is 1. The van der Waals surface area contributed by atoms with E-state index in [-0.39, 0.29) is 23.1 Å². The molecule has 1 unspecified atom stereocenters. The molecule has 0 saturated heterocycles. The number of aliphatic hydroxyl groups excluding tert-OH is 1. The Morgan fingerprint density at radius 1 is 1.43 bits per heavy atom. The van der Waals surface area contributed by atoms with E-state index in [0.717, 1.165) is 5.70 Å². The van der Waals surface area contributed by atoms with Gasteiger partial charge in [0.25, 0.3) is 5.91 Å². The Morgan fingerprint density at radius 3 is 2.78 bits per heavy atom. The molecule has 120 valence electrons. The van der Waals surface area contributed by atoms with E-state index in [2.05, 4.69) is 9.97 Å². The normalized spacial score (nSPS) is 18.4. The van der Waals surface area contributed by atoms with Crippen molar-refractivity contribution in [1.82, 2.24) is 14.5 Å². The Bertz CT molecular complexity index is 891. The number of anilines is 1. The van der Waals surface area contributed by atoms with E-state index in [4.69, 9.17) is 11.5 Å². The number of carbonyl (C=O) groups is 1. The molecule has 0 saturated carbocycles. The molecular formula is C16H19N5O2. The highest BCUT2D eigenvalue weighted by Crippen LogP contribution is 2.38. The maximum absolute atomic E-state index is 11.8. The van der Waals surface area contributed by atoms with Crippen LogP contribution in [0.4, 0.5) is 5.82 Å². The van der Waals surface area contributed by atoms with Crippen molar-refractivity contribution in [2.45, 2.75) is 27.2 Å². The lowest BCUT2D eigenvalue weighted by Gasteiger charge is -2.24. The van der Waals surface area contributed by atoms with Gasteiger partial charge in [0.05, 0.1) is 5.69 Å². The highest BCUT2D eigenvalue weighted by Gasteiger charge is 2.28. The fourth-order valence-corrected chi connectivity index (χ4v) is 3.07. The van der Waals surface area contributed by atoms with Gasteiger partial charge in [-0.15, -0.1) is 0 Å². The number of amides is 1. The van der Waals surface area contributed by atoms with E-state index >= 15 is 0 Å². The van der Waals surface area contributed by atoms with Crippen LogP contribution in [0.1, 0.15) is 36.3 Å². The summed E-state index contributed by atoms with van der Waals surface area (Å²) in [4.78, 5) is 20.6. The Morgan fingerprint density at radius 2 is 2.13 bits per heavy atom. The number of carbonyl (C=O) groups excluding carboxylic acids is 1. The van der Waals surface area contributed by atoms with Gasteiger partial charge in [-0.1, -0.05) is 6.92 Å². The van der Waals surface area contributed by atoms with Crippen molar-refractivity contribution in [3.8, 4) is 0 Å². The van der Waals surface area contributed by atoms with Crippen molar-refractivity contribution in [1.29, 1.82) is 0 Å². The summed E-state index contributed by atoms with van der Waals surface area (Å²) in [6, 6.07) is 0. The van der Waals surface area contributed by atoms with Crippen LogP contribution in [0, 0.1) is 12.8 Å². The molecule has 0 radical (unpaired) electrons. The summed E-state index contributed by atoms with van der Waals surface area (Å²) in [5.41, 5.74) is 14.9. The number of aliphatic hydroxyl groups is 1. The third kappa shape index (κ3) is 2.16. The zero-order valence-electron chi connectivity index (χ0n) is 13.3. The van der Waals surface area contributed by atoms with Crippen LogP contribution in [0.25, 0.3) is 16.9 Å². The van der Waals surface area contributed by atoms with Gasteiger partial charge in [-0.25, -0.2) is 4.98 Å². The minimum Gasteiger partial charge on any atom is -0.508 e. The topological polar surface area (TPSA) is 120 Å². The van der Waals surface area contributed by atoms with Crippen molar-refractivity contribution in [3.05, 3.63) is 34.9 Å². The Labute approximate surface area is 133 Å². The molecule has 1 aliphatic carbocycles. The molecule has 23 heavy (non-hydrogen) atoms. The van der Waals surface area contributed by atoms with E-state index in [1.807, 2.05) is 20.8 Å². The maximum Gasteiger partial charge on any atom is 0.254 e. The average Bonchev–Trinajstić information content (AvgIpc) is 2.76.